The van der Waals surface area contributed by atoms with Gasteiger partial charge in [0, 0.05) is 6.54 Å². The number of hydrogen-bond donors (Lipinski definition) is 1. The zero-order chi connectivity index (χ0) is 14.5. The first-order chi connectivity index (χ1) is 9.56. The number of ether oxygens (including phenoxy) is 1. The van der Waals surface area contributed by atoms with E-state index in [0.717, 1.165) is 24.1 Å². The van der Waals surface area contributed by atoms with E-state index in [1.807, 2.05) is 26.0 Å². The number of aromatic nitrogens is 3. The van der Waals surface area contributed by atoms with Gasteiger partial charge in [0.05, 0.1) is 0 Å². The SMILES string of the molecule is CCCNc1nc(Cl)nc(Oc2cc(C)cc(C)c2)n1. The van der Waals surface area contributed by atoms with Gasteiger partial charge in [0.15, 0.2) is 0 Å². The third-order valence-electron chi connectivity index (χ3n) is 2.53. The maximum absolute atomic E-state index is 5.88. The Bertz CT molecular complexity index is 583. The summed E-state index contributed by atoms with van der Waals surface area (Å²) in [6, 6.07) is 6.10. The molecule has 0 unspecified atom stereocenters. The van der Waals surface area contributed by atoms with Gasteiger partial charge in [0.1, 0.15) is 5.75 Å². The Labute approximate surface area is 123 Å². The van der Waals surface area contributed by atoms with Gasteiger partial charge in [-0.2, -0.15) is 15.0 Å². The van der Waals surface area contributed by atoms with Crippen LogP contribution in [-0.2, 0) is 0 Å². The zero-order valence-electron chi connectivity index (χ0n) is 11.8. The van der Waals surface area contributed by atoms with Crippen molar-refractivity contribution in [1.82, 2.24) is 15.0 Å². The fourth-order valence-electron chi connectivity index (χ4n) is 1.79. The number of nitrogens with one attached hydrogen (secondary N) is 1. The number of hydrogen-bond acceptors (Lipinski definition) is 5. The Hall–Kier alpha value is -1.88. The molecule has 0 atom stereocenters. The van der Waals surface area contributed by atoms with Crippen LogP contribution in [0.2, 0.25) is 5.28 Å². The molecule has 0 bridgehead atoms. The van der Waals surface area contributed by atoms with E-state index in [4.69, 9.17) is 16.3 Å². The van der Waals surface area contributed by atoms with Gasteiger partial charge in [-0.05, 0) is 55.1 Å². The summed E-state index contributed by atoms with van der Waals surface area (Å²) >= 11 is 5.88. The summed E-state index contributed by atoms with van der Waals surface area (Å²) in [6.07, 6.45) is 0.969. The molecule has 0 amide bonds. The minimum absolute atomic E-state index is 0.109. The van der Waals surface area contributed by atoms with Gasteiger partial charge >= 0.3 is 6.01 Å². The average Bonchev–Trinajstić information content (AvgIpc) is 2.34. The van der Waals surface area contributed by atoms with Crippen molar-refractivity contribution < 1.29 is 4.74 Å². The van der Waals surface area contributed by atoms with Gasteiger partial charge in [0.25, 0.3) is 0 Å². The van der Waals surface area contributed by atoms with Crippen LogP contribution in [0.15, 0.2) is 18.2 Å². The van der Waals surface area contributed by atoms with Gasteiger partial charge in [-0.3, -0.25) is 0 Å². The Morgan fingerprint density at radius 3 is 2.45 bits per heavy atom. The van der Waals surface area contributed by atoms with Crippen LogP contribution in [0.1, 0.15) is 24.5 Å². The van der Waals surface area contributed by atoms with Crippen molar-refractivity contribution in [2.75, 3.05) is 11.9 Å². The minimum atomic E-state index is 0.109. The van der Waals surface area contributed by atoms with E-state index in [2.05, 4.69) is 33.3 Å². The molecule has 5 nitrogen and oxygen atoms in total. The summed E-state index contributed by atoms with van der Waals surface area (Å²) in [7, 11) is 0. The van der Waals surface area contributed by atoms with Gasteiger partial charge in [-0.1, -0.05) is 13.0 Å². The third kappa shape index (κ3) is 4.06. The molecular weight excluding hydrogens is 276 g/mol. The van der Waals surface area contributed by atoms with Crippen molar-refractivity contribution in [3.05, 3.63) is 34.6 Å². The van der Waals surface area contributed by atoms with Crippen LogP contribution < -0.4 is 10.1 Å². The highest BCUT2D eigenvalue weighted by atomic mass is 35.5. The molecule has 2 aromatic rings. The Morgan fingerprint density at radius 1 is 1.10 bits per heavy atom. The molecule has 1 aromatic heterocycles. The van der Waals surface area contributed by atoms with Gasteiger partial charge in [0.2, 0.25) is 11.2 Å². The molecule has 0 fully saturated rings. The predicted molar refractivity (Wildman–Crippen MR) is 79.6 cm³/mol. The van der Waals surface area contributed by atoms with Gasteiger partial charge < -0.3 is 10.1 Å². The summed E-state index contributed by atoms with van der Waals surface area (Å²) in [4.78, 5) is 12.2. The lowest BCUT2D eigenvalue weighted by molar-refractivity contribution is 0.439. The molecule has 1 heterocycles. The van der Waals surface area contributed by atoms with Crippen molar-refractivity contribution in [2.24, 2.45) is 0 Å². The van der Waals surface area contributed by atoms with E-state index in [9.17, 15) is 0 Å². The number of rotatable bonds is 5. The highest BCUT2D eigenvalue weighted by Gasteiger charge is 2.07. The molecule has 1 N–H and O–H groups in total. The lowest BCUT2D eigenvalue weighted by Crippen LogP contribution is -2.06. The maximum Gasteiger partial charge on any atom is 0.328 e. The summed E-state index contributed by atoms with van der Waals surface area (Å²) < 4.78 is 5.65. The normalized spacial score (nSPS) is 10.4. The topological polar surface area (TPSA) is 59.9 Å². The Morgan fingerprint density at radius 2 is 1.80 bits per heavy atom. The van der Waals surface area contributed by atoms with E-state index in [-0.39, 0.29) is 11.3 Å². The lowest BCUT2D eigenvalue weighted by Gasteiger charge is -2.08. The van der Waals surface area contributed by atoms with Crippen molar-refractivity contribution in [1.29, 1.82) is 0 Å². The fourth-order valence-corrected chi connectivity index (χ4v) is 1.94. The molecule has 0 aliphatic rings. The molecule has 0 saturated carbocycles. The molecule has 0 saturated heterocycles. The van der Waals surface area contributed by atoms with E-state index < -0.39 is 0 Å². The molecule has 2 rings (SSSR count). The number of nitrogens with zero attached hydrogens (tertiary/aromatic N) is 3. The van der Waals surface area contributed by atoms with Crippen LogP contribution in [0.4, 0.5) is 5.95 Å². The zero-order valence-corrected chi connectivity index (χ0v) is 12.5. The average molecular weight is 293 g/mol. The first kappa shape index (κ1) is 14.5. The van der Waals surface area contributed by atoms with Crippen molar-refractivity contribution in [3.63, 3.8) is 0 Å². The predicted octanol–water partition coefficient (Wildman–Crippen LogP) is 3.76. The van der Waals surface area contributed by atoms with E-state index >= 15 is 0 Å². The molecule has 0 aliphatic heterocycles. The van der Waals surface area contributed by atoms with Crippen LogP contribution in [-0.4, -0.2) is 21.5 Å². The largest absolute Gasteiger partial charge is 0.424 e. The molecule has 6 heteroatoms. The quantitative estimate of drug-likeness (QED) is 0.909. The molecule has 20 heavy (non-hydrogen) atoms. The number of aryl methyl sites for hydroxylation is 2. The Balaban J connectivity index is 2.21. The molecule has 1 aromatic carbocycles. The highest BCUT2D eigenvalue weighted by Crippen LogP contribution is 2.22. The summed E-state index contributed by atoms with van der Waals surface area (Å²) in [5, 5.41) is 3.17. The van der Waals surface area contributed by atoms with Crippen molar-refractivity contribution >= 4 is 17.5 Å². The maximum atomic E-state index is 5.88. The van der Waals surface area contributed by atoms with Gasteiger partial charge in [-0.25, -0.2) is 0 Å². The van der Waals surface area contributed by atoms with Crippen LogP contribution in [0, 0.1) is 13.8 Å². The number of benzene rings is 1. The third-order valence-corrected chi connectivity index (χ3v) is 2.69. The van der Waals surface area contributed by atoms with Crippen molar-refractivity contribution in [2.45, 2.75) is 27.2 Å². The molecule has 0 radical (unpaired) electrons. The Kier molecular flexibility index (Phi) is 4.74. The summed E-state index contributed by atoms with van der Waals surface area (Å²) in [6.45, 7) is 6.84. The van der Waals surface area contributed by atoms with Crippen molar-refractivity contribution in [3.8, 4) is 11.8 Å². The lowest BCUT2D eigenvalue weighted by atomic mass is 10.1. The second kappa shape index (κ2) is 6.52. The van der Waals surface area contributed by atoms with Crippen LogP contribution in [0.25, 0.3) is 0 Å². The first-order valence-corrected chi connectivity index (χ1v) is 6.86. The monoisotopic (exact) mass is 292 g/mol. The summed E-state index contributed by atoms with van der Waals surface area (Å²) in [5.74, 6) is 1.11. The second-order valence-electron chi connectivity index (χ2n) is 4.56. The van der Waals surface area contributed by atoms with Crippen LogP contribution in [0.5, 0.6) is 11.8 Å². The van der Waals surface area contributed by atoms with E-state index in [1.54, 1.807) is 0 Å². The summed E-state index contributed by atoms with van der Waals surface area (Å²) in [5.41, 5.74) is 2.23. The minimum Gasteiger partial charge on any atom is -0.424 e. The number of anilines is 1. The van der Waals surface area contributed by atoms with Gasteiger partial charge in [-0.15, -0.1) is 0 Å². The standard InChI is InChI=1S/C14H17ClN4O/c1-4-5-16-13-17-12(15)18-14(19-13)20-11-7-9(2)6-10(3)8-11/h6-8H,4-5H2,1-3H3,(H,16,17,18,19). The highest BCUT2D eigenvalue weighted by molar-refractivity contribution is 6.28. The fraction of sp³-hybridized carbons (Fsp3) is 0.357. The molecule has 0 spiro atoms. The molecule has 0 aliphatic carbocycles. The first-order valence-electron chi connectivity index (χ1n) is 6.48. The molecular formula is C14H17ClN4O. The smallest absolute Gasteiger partial charge is 0.328 e. The van der Waals surface area contributed by atoms with E-state index in [1.165, 1.54) is 0 Å². The molecule has 106 valence electrons. The number of halogens is 1. The van der Waals surface area contributed by atoms with Crippen LogP contribution in [0.3, 0.4) is 0 Å². The second-order valence-corrected chi connectivity index (χ2v) is 4.90. The van der Waals surface area contributed by atoms with E-state index in [0.29, 0.717) is 11.7 Å². The van der Waals surface area contributed by atoms with Crippen LogP contribution >= 0.6 is 11.6 Å².